The van der Waals surface area contributed by atoms with Crippen LogP contribution in [0.1, 0.15) is 18.9 Å². The lowest BCUT2D eigenvalue weighted by Crippen LogP contribution is -2.39. The number of carbonyl (C=O) groups is 1. The van der Waals surface area contributed by atoms with Crippen LogP contribution in [0, 0.1) is 5.41 Å². The largest absolute Gasteiger partial charge is 0.359 e. The second kappa shape index (κ2) is 5.81. The van der Waals surface area contributed by atoms with E-state index in [4.69, 9.17) is 0 Å². The predicted octanol–water partition coefficient (Wildman–Crippen LogP) is 1.50. The summed E-state index contributed by atoms with van der Waals surface area (Å²) in [5, 5.41) is 3.81. The highest BCUT2D eigenvalue weighted by molar-refractivity contribution is 5.82. The molecule has 1 amide bonds. The third-order valence-corrected chi connectivity index (χ3v) is 4.93. The van der Waals surface area contributed by atoms with Crippen LogP contribution >= 0.6 is 0 Å². The van der Waals surface area contributed by atoms with E-state index < -0.39 is 0 Å². The SMILES string of the molecule is CNC(=O)C1(C)CCN(Cc2cc3ccccc3n(C)c2=O)C1. The molecule has 0 saturated carbocycles. The number of rotatable bonds is 3. The number of hydrogen-bond acceptors (Lipinski definition) is 3. The zero-order valence-electron chi connectivity index (χ0n) is 13.9. The molecule has 0 radical (unpaired) electrons. The van der Waals surface area contributed by atoms with E-state index in [1.807, 2.05) is 44.3 Å². The van der Waals surface area contributed by atoms with Crippen molar-refractivity contribution in [1.29, 1.82) is 0 Å². The number of aryl methyl sites for hydroxylation is 1. The fourth-order valence-electron chi connectivity index (χ4n) is 3.52. The van der Waals surface area contributed by atoms with Crippen molar-refractivity contribution >= 4 is 16.8 Å². The van der Waals surface area contributed by atoms with Crippen molar-refractivity contribution in [2.75, 3.05) is 20.1 Å². The van der Waals surface area contributed by atoms with E-state index in [2.05, 4.69) is 10.2 Å². The first-order chi connectivity index (χ1) is 10.9. The van der Waals surface area contributed by atoms with Gasteiger partial charge in [-0.2, -0.15) is 0 Å². The van der Waals surface area contributed by atoms with Crippen molar-refractivity contribution in [2.24, 2.45) is 12.5 Å². The van der Waals surface area contributed by atoms with Gasteiger partial charge >= 0.3 is 0 Å². The summed E-state index contributed by atoms with van der Waals surface area (Å²) in [6, 6.07) is 9.88. The van der Waals surface area contributed by atoms with Gasteiger partial charge in [-0.05, 0) is 37.4 Å². The second-order valence-corrected chi connectivity index (χ2v) is 6.69. The fourth-order valence-corrected chi connectivity index (χ4v) is 3.52. The predicted molar refractivity (Wildman–Crippen MR) is 91.3 cm³/mol. The van der Waals surface area contributed by atoms with Crippen LogP contribution in [0.3, 0.4) is 0 Å². The van der Waals surface area contributed by atoms with Crippen molar-refractivity contribution in [3.05, 3.63) is 46.2 Å². The Kier molecular flexibility index (Phi) is 3.98. The fraction of sp³-hybridized carbons (Fsp3) is 0.444. The number of carbonyl (C=O) groups excluding carboxylic acids is 1. The Bertz CT molecular complexity index is 812. The summed E-state index contributed by atoms with van der Waals surface area (Å²) >= 11 is 0. The molecule has 5 heteroatoms. The van der Waals surface area contributed by atoms with Gasteiger partial charge in [-0.15, -0.1) is 0 Å². The molecule has 1 N–H and O–H groups in total. The molecular weight excluding hydrogens is 290 g/mol. The van der Waals surface area contributed by atoms with Crippen LogP contribution in [0.15, 0.2) is 35.1 Å². The van der Waals surface area contributed by atoms with Crippen molar-refractivity contribution in [3.63, 3.8) is 0 Å². The lowest BCUT2D eigenvalue weighted by Gasteiger charge is -2.23. The van der Waals surface area contributed by atoms with Crippen molar-refractivity contribution in [1.82, 2.24) is 14.8 Å². The van der Waals surface area contributed by atoms with Crippen LogP contribution in [0.25, 0.3) is 10.9 Å². The normalized spacial score (nSPS) is 21.7. The summed E-state index contributed by atoms with van der Waals surface area (Å²) in [6.07, 6.45) is 0.820. The first-order valence-electron chi connectivity index (χ1n) is 7.97. The standard InChI is InChI=1S/C18H23N3O2/c1-18(17(23)19-2)8-9-21(12-18)11-14-10-13-6-4-5-7-15(13)20(3)16(14)22/h4-7,10H,8-9,11-12H2,1-3H3,(H,19,23). The number of aromatic nitrogens is 1. The summed E-state index contributed by atoms with van der Waals surface area (Å²) in [7, 11) is 3.49. The van der Waals surface area contributed by atoms with E-state index >= 15 is 0 Å². The number of benzene rings is 1. The van der Waals surface area contributed by atoms with Gasteiger partial charge < -0.3 is 9.88 Å². The smallest absolute Gasteiger partial charge is 0.255 e. The average molecular weight is 313 g/mol. The number of pyridine rings is 1. The molecule has 2 aromatic rings. The molecule has 0 aliphatic carbocycles. The van der Waals surface area contributed by atoms with Crippen molar-refractivity contribution < 1.29 is 4.79 Å². The molecule has 1 atom stereocenters. The molecule has 0 bridgehead atoms. The summed E-state index contributed by atoms with van der Waals surface area (Å²) in [6.45, 7) is 4.09. The van der Waals surface area contributed by atoms with Crippen LogP contribution in [0.2, 0.25) is 0 Å². The van der Waals surface area contributed by atoms with E-state index in [-0.39, 0.29) is 16.9 Å². The molecule has 3 rings (SSSR count). The molecule has 122 valence electrons. The Morgan fingerprint density at radius 3 is 2.83 bits per heavy atom. The van der Waals surface area contributed by atoms with Crippen LogP contribution in [-0.2, 0) is 18.4 Å². The Hall–Kier alpha value is -2.14. The average Bonchev–Trinajstić information content (AvgIpc) is 2.94. The van der Waals surface area contributed by atoms with Gasteiger partial charge in [-0.25, -0.2) is 0 Å². The van der Waals surface area contributed by atoms with Crippen LogP contribution in [0.5, 0.6) is 0 Å². The van der Waals surface area contributed by atoms with Gasteiger partial charge in [0.2, 0.25) is 5.91 Å². The summed E-state index contributed by atoms with van der Waals surface area (Å²) in [4.78, 5) is 26.8. The maximum absolute atomic E-state index is 12.6. The Labute approximate surface area is 135 Å². The van der Waals surface area contributed by atoms with Gasteiger partial charge in [0.15, 0.2) is 0 Å². The lowest BCUT2D eigenvalue weighted by molar-refractivity contribution is -0.129. The number of nitrogens with one attached hydrogen (secondary N) is 1. The summed E-state index contributed by atoms with van der Waals surface area (Å²) in [5.74, 6) is 0.0754. The Balaban J connectivity index is 1.87. The number of fused-ring (bicyclic) bond motifs is 1. The van der Waals surface area contributed by atoms with Gasteiger partial charge in [0.05, 0.1) is 10.9 Å². The molecular formula is C18H23N3O2. The molecule has 23 heavy (non-hydrogen) atoms. The monoisotopic (exact) mass is 313 g/mol. The maximum atomic E-state index is 12.6. The van der Waals surface area contributed by atoms with Gasteiger partial charge in [0.25, 0.3) is 5.56 Å². The van der Waals surface area contributed by atoms with Crippen LogP contribution in [0.4, 0.5) is 0 Å². The molecule has 2 heterocycles. The van der Waals surface area contributed by atoms with Gasteiger partial charge in [-0.1, -0.05) is 18.2 Å². The summed E-state index contributed by atoms with van der Waals surface area (Å²) in [5.41, 5.74) is 1.40. The number of likely N-dealkylation sites (tertiary alicyclic amines) is 1. The minimum absolute atomic E-state index is 0.0391. The van der Waals surface area contributed by atoms with E-state index in [1.165, 1.54) is 0 Å². The molecule has 5 nitrogen and oxygen atoms in total. The van der Waals surface area contributed by atoms with Crippen molar-refractivity contribution in [2.45, 2.75) is 19.9 Å². The second-order valence-electron chi connectivity index (χ2n) is 6.69. The quantitative estimate of drug-likeness (QED) is 0.934. The number of hydrogen-bond donors (Lipinski definition) is 1. The van der Waals surface area contributed by atoms with E-state index in [1.54, 1.807) is 11.6 Å². The first-order valence-corrected chi connectivity index (χ1v) is 7.97. The molecule has 1 unspecified atom stereocenters. The highest BCUT2D eigenvalue weighted by Crippen LogP contribution is 2.30. The summed E-state index contributed by atoms with van der Waals surface area (Å²) < 4.78 is 1.71. The maximum Gasteiger partial charge on any atom is 0.255 e. The Morgan fingerprint density at radius 1 is 1.35 bits per heavy atom. The third-order valence-electron chi connectivity index (χ3n) is 4.93. The molecule has 1 aliphatic heterocycles. The lowest BCUT2D eigenvalue weighted by atomic mass is 9.89. The van der Waals surface area contributed by atoms with Crippen molar-refractivity contribution in [3.8, 4) is 0 Å². The number of amides is 1. The van der Waals surface area contributed by atoms with Gasteiger partial charge in [0.1, 0.15) is 0 Å². The zero-order chi connectivity index (χ0) is 16.6. The topological polar surface area (TPSA) is 54.3 Å². The molecule has 0 spiro atoms. The highest BCUT2D eigenvalue weighted by atomic mass is 16.2. The molecule has 1 saturated heterocycles. The first kappa shape index (κ1) is 15.7. The molecule has 1 aliphatic rings. The van der Waals surface area contributed by atoms with Crippen LogP contribution in [-0.4, -0.2) is 35.5 Å². The van der Waals surface area contributed by atoms with Gasteiger partial charge in [-0.3, -0.25) is 14.5 Å². The van der Waals surface area contributed by atoms with E-state index in [0.717, 1.165) is 29.4 Å². The molecule has 1 aromatic carbocycles. The third kappa shape index (κ3) is 2.77. The zero-order valence-corrected chi connectivity index (χ0v) is 13.9. The van der Waals surface area contributed by atoms with Gasteiger partial charge in [0, 0.05) is 32.7 Å². The van der Waals surface area contributed by atoms with Crippen LogP contribution < -0.4 is 10.9 Å². The number of nitrogens with zero attached hydrogens (tertiary/aromatic N) is 2. The molecule has 1 aromatic heterocycles. The van der Waals surface area contributed by atoms with E-state index in [9.17, 15) is 9.59 Å². The highest BCUT2D eigenvalue weighted by Gasteiger charge is 2.39. The Morgan fingerprint density at radius 2 is 2.09 bits per heavy atom. The van der Waals surface area contributed by atoms with E-state index in [0.29, 0.717) is 13.1 Å². The molecule has 1 fully saturated rings. The minimum Gasteiger partial charge on any atom is -0.359 e. The minimum atomic E-state index is -0.364. The number of para-hydroxylation sites is 1.